The summed E-state index contributed by atoms with van der Waals surface area (Å²) in [5.41, 5.74) is 3.18. The molecule has 2 aromatic carbocycles. The molecule has 0 bridgehead atoms. The van der Waals surface area contributed by atoms with Crippen LogP contribution in [0.25, 0.3) is 0 Å². The minimum absolute atomic E-state index is 0.0600. The van der Waals surface area contributed by atoms with E-state index < -0.39 is 6.23 Å². The van der Waals surface area contributed by atoms with Crippen molar-refractivity contribution in [3.63, 3.8) is 0 Å². The lowest BCUT2D eigenvalue weighted by atomic mass is 9.96. The number of ether oxygens (including phenoxy) is 2. The largest absolute Gasteiger partial charge is 0.497 e. The number of furan rings is 1. The van der Waals surface area contributed by atoms with E-state index in [1.165, 1.54) is 0 Å². The Bertz CT molecular complexity index is 1050. The summed E-state index contributed by atoms with van der Waals surface area (Å²) in [6, 6.07) is 15.9. The van der Waals surface area contributed by atoms with Gasteiger partial charge in [-0.2, -0.15) is 5.10 Å². The molecule has 3 heterocycles. The Hall–Kier alpha value is -2.25. The standard InChI is InChI=1S/C21H16Br2N2O3/c1-26-14-6-4-12(5-7-14)17-11-18-15-9-13(22)10-16(23)20(15)28-21(25(18)24-17)19-3-2-8-27-19/h2-10,18,21H,11H2,1H3. The van der Waals surface area contributed by atoms with Crippen LogP contribution in [0, 0.1) is 0 Å². The molecular formula is C21H16Br2N2O3. The highest BCUT2D eigenvalue weighted by Gasteiger charge is 2.43. The molecule has 5 rings (SSSR count). The van der Waals surface area contributed by atoms with E-state index in [-0.39, 0.29) is 6.04 Å². The first-order valence-corrected chi connectivity index (χ1v) is 10.4. The van der Waals surface area contributed by atoms with Crippen LogP contribution >= 0.6 is 31.9 Å². The molecule has 2 aliphatic rings. The maximum absolute atomic E-state index is 6.33. The van der Waals surface area contributed by atoms with Crippen LogP contribution in [0.2, 0.25) is 0 Å². The fraction of sp³-hybridized carbons (Fsp3) is 0.190. The summed E-state index contributed by atoms with van der Waals surface area (Å²) in [5, 5.41) is 6.92. The van der Waals surface area contributed by atoms with Gasteiger partial charge in [-0.1, -0.05) is 15.9 Å². The van der Waals surface area contributed by atoms with Crippen LogP contribution in [0.15, 0.2) is 73.3 Å². The monoisotopic (exact) mass is 502 g/mol. The Balaban J connectivity index is 1.59. The van der Waals surface area contributed by atoms with E-state index in [0.717, 1.165) is 49.5 Å². The second-order valence-electron chi connectivity index (χ2n) is 6.67. The summed E-state index contributed by atoms with van der Waals surface area (Å²) in [7, 11) is 1.67. The van der Waals surface area contributed by atoms with Gasteiger partial charge >= 0.3 is 0 Å². The Morgan fingerprint density at radius 2 is 1.96 bits per heavy atom. The third-order valence-electron chi connectivity index (χ3n) is 5.02. The molecule has 0 saturated heterocycles. The fourth-order valence-corrected chi connectivity index (χ4v) is 5.04. The van der Waals surface area contributed by atoms with E-state index in [4.69, 9.17) is 19.0 Å². The highest BCUT2D eigenvalue weighted by molar-refractivity contribution is 9.11. The van der Waals surface area contributed by atoms with Gasteiger partial charge < -0.3 is 13.9 Å². The van der Waals surface area contributed by atoms with E-state index in [0.29, 0.717) is 0 Å². The molecule has 1 aromatic heterocycles. The predicted molar refractivity (Wildman–Crippen MR) is 113 cm³/mol. The smallest absolute Gasteiger partial charge is 0.246 e. The zero-order chi connectivity index (χ0) is 19.3. The number of rotatable bonds is 3. The number of benzene rings is 2. The van der Waals surface area contributed by atoms with Crippen molar-refractivity contribution in [3.8, 4) is 11.5 Å². The third-order valence-corrected chi connectivity index (χ3v) is 6.06. The van der Waals surface area contributed by atoms with Crippen molar-refractivity contribution >= 4 is 37.6 Å². The first kappa shape index (κ1) is 17.8. The summed E-state index contributed by atoms with van der Waals surface area (Å²) < 4.78 is 19.2. The van der Waals surface area contributed by atoms with Gasteiger partial charge in [-0.05, 0) is 70.0 Å². The van der Waals surface area contributed by atoms with Crippen molar-refractivity contribution in [3.05, 3.63) is 80.6 Å². The van der Waals surface area contributed by atoms with Crippen molar-refractivity contribution in [2.45, 2.75) is 18.7 Å². The van der Waals surface area contributed by atoms with E-state index in [2.05, 4.69) is 37.9 Å². The van der Waals surface area contributed by atoms with Gasteiger partial charge in [0, 0.05) is 16.5 Å². The maximum atomic E-state index is 6.33. The number of halogens is 2. The van der Waals surface area contributed by atoms with Crippen molar-refractivity contribution in [1.29, 1.82) is 0 Å². The number of hydrogen-bond acceptors (Lipinski definition) is 5. The fourth-order valence-electron chi connectivity index (χ4n) is 3.69. The molecule has 28 heavy (non-hydrogen) atoms. The van der Waals surface area contributed by atoms with Crippen LogP contribution in [-0.2, 0) is 0 Å². The number of methoxy groups -OCH3 is 1. The highest BCUT2D eigenvalue weighted by Crippen LogP contribution is 2.50. The maximum Gasteiger partial charge on any atom is 0.246 e. The molecule has 0 spiro atoms. The van der Waals surface area contributed by atoms with Gasteiger partial charge in [0.2, 0.25) is 6.23 Å². The van der Waals surface area contributed by atoms with Crippen LogP contribution in [0.3, 0.4) is 0 Å². The molecule has 5 nitrogen and oxygen atoms in total. The van der Waals surface area contributed by atoms with Gasteiger partial charge in [0.05, 0.1) is 29.6 Å². The molecule has 7 heteroatoms. The predicted octanol–water partition coefficient (Wildman–Crippen LogP) is 6.06. The second-order valence-corrected chi connectivity index (χ2v) is 8.44. The molecule has 2 atom stereocenters. The van der Waals surface area contributed by atoms with Crippen LogP contribution in [0.4, 0.5) is 0 Å². The van der Waals surface area contributed by atoms with Gasteiger partial charge in [-0.15, -0.1) is 0 Å². The molecule has 0 fully saturated rings. The molecule has 0 aliphatic carbocycles. The third kappa shape index (κ3) is 2.93. The first-order valence-electron chi connectivity index (χ1n) is 8.83. The Kier molecular flexibility index (Phi) is 4.44. The number of nitrogens with zero attached hydrogens (tertiary/aromatic N) is 2. The number of fused-ring (bicyclic) bond motifs is 3. The molecule has 0 radical (unpaired) electrons. The van der Waals surface area contributed by atoms with Crippen LogP contribution in [-0.4, -0.2) is 17.8 Å². The lowest BCUT2D eigenvalue weighted by Crippen LogP contribution is -2.33. The molecule has 2 aliphatic heterocycles. The van der Waals surface area contributed by atoms with Gasteiger partial charge in [-0.3, -0.25) is 0 Å². The lowest BCUT2D eigenvalue weighted by molar-refractivity contribution is -0.0331. The van der Waals surface area contributed by atoms with Crippen LogP contribution in [0.1, 0.15) is 35.6 Å². The second kappa shape index (κ2) is 6.97. The van der Waals surface area contributed by atoms with Gasteiger partial charge in [0.1, 0.15) is 11.5 Å². The van der Waals surface area contributed by atoms with Crippen molar-refractivity contribution in [2.24, 2.45) is 5.10 Å². The molecule has 142 valence electrons. The number of hydrogen-bond donors (Lipinski definition) is 0. The average molecular weight is 504 g/mol. The SMILES string of the molecule is COc1ccc(C2=NN3C(C2)c2cc(Br)cc(Br)c2OC3c2ccco2)cc1. The van der Waals surface area contributed by atoms with Crippen molar-refractivity contribution in [1.82, 2.24) is 5.01 Å². The Morgan fingerprint density at radius 1 is 1.14 bits per heavy atom. The minimum atomic E-state index is -0.416. The van der Waals surface area contributed by atoms with Gasteiger partial charge in [0.25, 0.3) is 0 Å². The van der Waals surface area contributed by atoms with Gasteiger partial charge in [-0.25, -0.2) is 5.01 Å². The average Bonchev–Trinajstić information content (AvgIpc) is 3.38. The van der Waals surface area contributed by atoms with Gasteiger partial charge in [0.15, 0.2) is 5.76 Å². The summed E-state index contributed by atoms with van der Waals surface area (Å²) in [4.78, 5) is 0. The molecular weight excluding hydrogens is 488 g/mol. The van der Waals surface area contributed by atoms with E-state index in [9.17, 15) is 0 Å². The minimum Gasteiger partial charge on any atom is -0.497 e. The topological polar surface area (TPSA) is 47.2 Å². The van der Waals surface area contributed by atoms with Crippen LogP contribution < -0.4 is 9.47 Å². The number of hydrazone groups is 1. The lowest BCUT2D eigenvalue weighted by Gasteiger charge is -2.37. The molecule has 0 saturated carbocycles. The summed E-state index contributed by atoms with van der Waals surface area (Å²) in [5.74, 6) is 2.39. The Morgan fingerprint density at radius 3 is 2.68 bits per heavy atom. The summed E-state index contributed by atoms with van der Waals surface area (Å²) >= 11 is 7.24. The van der Waals surface area contributed by atoms with Crippen molar-refractivity contribution in [2.75, 3.05) is 7.11 Å². The summed E-state index contributed by atoms with van der Waals surface area (Å²) in [6.45, 7) is 0. The van der Waals surface area contributed by atoms with Crippen molar-refractivity contribution < 1.29 is 13.9 Å². The highest BCUT2D eigenvalue weighted by atomic mass is 79.9. The van der Waals surface area contributed by atoms with E-state index >= 15 is 0 Å². The molecule has 0 amide bonds. The Labute approximate surface area is 179 Å². The summed E-state index contributed by atoms with van der Waals surface area (Å²) in [6.07, 6.45) is 2.02. The normalized spacial score (nSPS) is 20.2. The molecule has 2 unspecified atom stereocenters. The zero-order valence-corrected chi connectivity index (χ0v) is 18.1. The molecule has 0 N–H and O–H groups in total. The zero-order valence-electron chi connectivity index (χ0n) is 14.9. The van der Waals surface area contributed by atoms with Crippen LogP contribution in [0.5, 0.6) is 11.5 Å². The first-order chi connectivity index (χ1) is 13.6. The van der Waals surface area contributed by atoms with E-state index in [1.807, 2.05) is 47.5 Å². The quantitative estimate of drug-likeness (QED) is 0.436. The van der Waals surface area contributed by atoms with E-state index in [1.54, 1.807) is 13.4 Å². The molecule has 3 aromatic rings.